The van der Waals surface area contributed by atoms with Gasteiger partial charge in [0, 0.05) is 11.3 Å². The molecule has 0 aliphatic carbocycles. The molecule has 2 atom stereocenters. The minimum atomic E-state index is 0.480. The summed E-state index contributed by atoms with van der Waals surface area (Å²) in [6, 6.07) is 18.4. The smallest absolute Gasteiger partial charge is 0.482 e. The molecule has 33 heavy (non-hydrogen) atoms. The fraction of sp³-hybridized carbons (Fsp3) is 0.393. The lowest BCUT2D eigenvalue weighted by Crippen LogP contribution is -2.11. The molecule has 2 radical (unpaired) electrons. The maximum Gasteiger partial charge on any atom is 0.482 e. The van der Waals surface area contributed by atoms with Crippen LogP contribution in [0.3, 0.4) is 0 Å². The van der Waals surface area contributed by atoms with E-state index in [-0.39, 0.29) is 0 Å². The first kappa shape index (κ1) is 25.2. The van der Waals surface area contributed by atoms with Crippen molar-refractivity contribution in [3.63, 3.8) is 0 Å². The number of pyridine rings is 1. The average molecular weight is 460 g/mol. The quantitative estimate of drug-likeness (QED) is 0.289. The SMILES string of the molecule is CCC(C)COc1ccc(-c2ccc([O][Al])c(-c3cccc(C)n3)c2)cc1OCC(C)CC. The molecule has 2 aromatic carbocycles. The Morgan fingerprint density at radius 3 is 2.00 bits per heavy atom. The van der Waals surface area contributed by atoms with Gasteiger partial charge in [-0.05, 0) is 66.3 Å². The van der Waals surface area contributed by atoms with Crippen LogP contribution in [0, 0.1) is 18.8 Å². The van der Waals surface area contributed by atoms with Crippen LogP contribution in [0.5, 0.6) is 17.2 Å². The van der Waals surface area contributed by atoms with E-state index < -0.39 is 0 Å². The molecule has 0 spiro atoms. The summed E-state index contributed by atoms with van der Waals surface area (Å²) < 4.78 is 17.9. The number of hydrogen-bond acceptors (Lipinski definition) is 4. The van der Waals surface area contributed by atoms with Gasteiger partial charge in [-0.1, -0.05) is 58.7 Å². The van der Waals surface area contributed by atoms with Crippen LogP contribution in [-0.4, -0.2) is 34.8 Å². The van der Waals surface area contributed by atoms with E-state index >= 15 is 0 Å². The van der Waals surface area contributed by atoms with Crippen LogP contribution in [0.15, 0.2) is 54.6 Å². The third-order valence-corrected chi connectivity index (χ3v) is 6.24. The number of rotatable bonds is 11. The second-order valence-electron chi connectivity index (χ2n) is 8.80. The molecule has 0 saturated heterocycles. The summed E-state index contributed by atoms with van der Waals surface area (Å²) in [7, 11) is 0. The summed E-state index contributed by atoms with van der Waals surface area (Å²) in [4.78, 5) is 4.69. The maximum atomic E-state index is 6.23. The van der Waals surface area contributed by atoms with Crippen molar-refractivity contribution in [1.82, 2.24) is 4.98 Å². The van der Waals surface area contributed by atoms with E-state index in [0.717, 1.165) is 58.2 Å². The Bertz CT molecular complexity index is 1050. The Balaban J connectivity index is 1.98. The number of ether oxygens (including phenoxy) is 2. The van der Waals surface area contributed by atoms with Crippen molar-refractivity contribution in [2.24, 2.45) is 11.8 Å². The van der Waals surface area contributed by atoms with E-state index in [2.05, 4.69) is 68.6 Å². The lowest BCUT2D eigenvalue weighted by Gasteiger charge is -2.18. The monoisotopic (exact) mass is 459 g/mol. The van der Waals surface area contributed by atoms with Gasteiger partial charge in [-0.3, -0.25) is 4.98 Å². The lowest BCUT2D eigenvalue weighted by atomic mass is 10.00. The molecule has 3 rings (SSSR count). The van der Waals surface area contributed by atoms with Crippen molar-refractivity contribution >= 4 is 16.6 Å². The Kier molecular flexibility index (Phi) is 9.23. The molecule has 0 saturated carbocycles. The molecule has 172 valence electrons. The van der Waals surface area contributed by atoms with Gasteiger partial charge >= 0.3 is 16.6 Å². The normalized spacial score (nSPS) is 12.8. The van der Waals surface area contributed by atoms with Crippen molar-refractivity contribution in [2.45, 2.75) is 47.5 Å². The standard InChI is InChI=1S/C28H35NO3.Al/c1-6-19(3)17-31-27-14-12-23(16-28(27)32-18-20(4)7-2)22-11-13-26(30)24(15-22)25-10-8-9-21(5)29-25;/h8-16,19-20,30H,6-7,17-18H2,1-5H3;/q;+1/p-1. The summed E-state index contributed by atoms with van der Waals surface area (Å²) in [5.74, 6) is 3.33. The highest BCUT2D eigenvalue weighted by Gasteiger charge is 2.14. The summed E-state index contributed by atoms with van der Waals surface area (Å²) in [6.45, 7) is 12.1. The van der Waals surface area contributed by atoms with E-state index in [9.17, 15) is 0 Å². The van der Waals surface area contributed by atoms with Gasteiger partial charge in [-0.15, -0.1) is 0 Å². The van der Waals surface area contributed by atoms with Crippen LogP contribution in [-0.2, 0) is 0 Å². The summed E-state index contributed by atoms with van der Waals surface area (Å²) in [5.41, 5.74) is 4.94. The highest BCUT2D eigenvalue weighted by atomic mass is 27.1. The third-order valence-electron chi connectivity index (χ3n) is 5.99. The molecule has 0 aliphatic rings. The summed E-state index contributed by atoms with van der Waals surface area (Å²) >= 11 is 2.33. The summed E-state index contributed by atoms with van der Waals surface area (Å²) in [6.07, 6.45) is 2.16. The minimum Gasteiger partial charge on any atom is -0.653 e. The average Bonchev–Trinajstić information content (AvgIpc) is 2.85. The second kappa shape index (κ2) is 12.1. The van der Waals surface area contributed by atoms with Gasteiger partial charge in [0.2, 0.25) is 0 Å². The molecule has 4 nitrogen and oxygen atoms in total. The molecule has 0 N–H and O–H groups in total. The fourth-order valence-corrected chi connectivity index (χ4v) is 3.53. The first-order valence-electron chi connectivity index (χ1n) is 11.8. The topological polar surface area (TPSA) is 40.6 Å². The Morgan fingerprint density at radius 2 is 1.39 bits per heavy atom. The van der Waals surface area contributed by atoms with E-state index in [1.807, 2.05) is 37.3 Å². The Morgan fingerprint density at radius 1 is 0.788 bits per heavy atom. The van der Waals surface area contributed by atoms with Crippen LogP contribution >= 0.6 is 0 Å². The predicted octanol–water partition coefficient (Wildman–Crippen LogP) is 7.04. The van der Waals surface area contributed by atoms with Gasteiger partial charge in [-0.2, -0.15) is 0 Å². The first-order valence-corrected chi connectivity index (χ1v) is 12.3. The van der Waals surface area contributed by atoms with Crippen LogP contribution in [0.4, 0.5) is 0 Å². The highest BCUT2D eigenvalue weighted by Crippen LogP contribution is 2.37. The van der Waals surface area contributed by atoms with Gasteiger partial charge in [0.05, 0.1) is 24.7 Å². The first-order chi connectivity index (χ1) is 15.9. The molecule has 2 unspecified atom stereocenters. The molecular formula is C28H34AlNO3. The Labute approximate surface area is 207 Å². The van der Waals surface area contributed by atoms with Crippen LogP contribution in [0.1, 0.15) is 46.2 Å². The molecule has 1 heterocycles. The van der Waals surface area contributed by atoms with E-state index in [0.29, 0.717) is 25.0 Å². The fourth-order valence-electron chi connectivity index (χ4n) is 3.32. The number of aromatic nitrogens is 1. The zero-order valence-electron chi connectivity index (χ0n) is 20.4. The number of hydrogen-bond donors (Lipinski definition) is 0. The predicted molar refractivity (Wildman–Crippen MR) is 136 cm³/mol. The van der Waals surface area contributed by atoms with Crippen LogP contribution in [0.25, 0.3) is 22.4 Å². The van der Waals surface area contributed by atoms with Gasteiger partial charge in [0.15, 0.2) is 11.5 Å². The van der Waals surface area contributed by atoms with E-state index in [1.54, 1.807) is 0 Å². The van der Waals surface area contributed by atoms with Crippen molar-refractivity contribution < 1.29 is 13.3 Å². The van der Waals surface area contributed by atoms with Crippen LogP contribution < -0.4 is 13.3 Å². The minimum absolute atomic E-state index is 0.480. The van der Waals surface area contributed by atoms with Crippen molar-refractivity contribution in [3.05, 3.63) is 60.3 Å². The van der Waals surface area contributed by atoms with Crippen molar-refractivity contribution in [3.8, 4) is 39.6 Å². The van der Waals surface area contributed by atoms with Gasteiger partial charge < -0.3 is 13.3 Å². The number of nitrogens with zero attached hydrogens (tertiary/aromatic N) is 1. The number of benzene rings is 2. The Hall–Kier alpha value is -2.48. The largest absolute Gasteiger partial charge is 0.653 e. The van der Waals surface area contributed by atoms with E-state index in [4.69, 9.17) is 18.2 Å². The van der Waals surface area contributed by atoms with Gasteiger partial charge in [-0.25, -0.2) is 0 Å². The lowest BCUT2D eigenvalue weighted by molar-refractivity contribution is 0.218. The molecule has 0 aliphatic heterocycles. The van der Waals surface area contributed by atoms with E-state index in [1.165, 1.54) is 0 Å². The molecule has 1 aromatic heterocycles. The molecule has 5 heteroatoms. The zero-order valence-corrected chi connectivity index (χ0v) is 21.6. The highest BCUT2D eigenvalue weighted by molar-refractivity contribution is 6.00. The van der Waals surface area contributed by atoms with Crippen molar-refractivity contribution in [1.29, 1.82) is 0 Å². The summed E-state index contributed by atoms with van der Waals surface area (Å²) in [5, 5.41) is 0. The van der Waals surface area contributed by atoms with Crippen LogP contribution in [0.2, 0.25) is 0 Å². The molecule has 0 fully saturated rings. The third kappa shape index (κ3) is 6.76. The molecular weight excluding hydrogens is 425 g/mol. The maximum absolute atomic E-state index is 6.23. The number of aryl methyl sites for hydroxylation is 1. The van der Waals surface area contributed by atoms with Crippen molar-refractivity contribution in [2.75, 3.05) is 13.2 Å². The van der Waals surface area contributed by atoms with Gasteiger partial charge in [0.1, 0.15) is 0 Å². The zero-order chi connectivity index (χ0) is 23.8. The molecule has 3 aromatic rings. The molecule has 0 bridgehead atoms. The van der Waals surface area contributed by atoms with Gasteiger partial charge in [0.25, 0.3) is 0 Å². The molecule has 0 amide bonds. The second-order valence-corrected chi connectivity index (χ2v) is 9.04.